The fourth-order valence-electron chi connectivity index (χ4n) is 2.78. The molecule has 1 heterocycles. The van der Waals surface area contributed by atoms with Crippen molar-refractivity contribution in [3.05, 3.63) is 78.0 Å². The van der Waals surface area contributed by atoms with Gasteiger partial charge in [0.1, 0.15) is 6.04 Å². The molecule has 2 aromatic carbocycles. The van der Waals surface area contributed by atoms with E-state index in [1.54, 1.807) is 6.07 Å². The molecule has 0 radical (unpaired) electrons. The van der Waals surface area contributed by atoms with Gasteiger partial charge in [-0.05, 0) is 30.5 Å². The normalized spacial score (nSPS) is 11.7. The topological polar surface area (TPSA) is 68.3 Å². The molecule has 26 heavy (non-hydrogen) atoms. The Kier molecular flexibility index (Phi) is 5.59. The van der Waals surface area contributed by atoms with Crippen molar-refractivity contribution in [2.75, 3.05) is 7.11 Å². The summed E-state index contributed by atoms with van der Waals surface area (Å²) in [4.78, 5) is 28.9. The van der Waals surface area contributed by atoms with Crippen LogP contribution in [0.25, 0.3) is 10.9 Å². The van der Waals surface area contributed by atoms with Crippen LogP contribution >= 0.6 is 0 Å². The fourth-order valence-corrected chi connectivity index (χ4v) is 2.78. The van der Waals surface area contributed by atoms with Crippen molar-refractivity contribution in [1.82, 2.24) is 10.3 Å². The van der Waals surface area contributed by atoms with Crippen LogP contribution in [0.5, 0.6) is 0 Å². The molecule has 0 saturated heterocycles. The van der Waals surface area contributed by atoms with Gasteiger partial charge < -0.3 is 10.1 Å². The highest BCUT2D eigenvalue weighted by molar-refractivity contribution is 5.99. The zero-order chi connectivity index (χ0) is 18.4. The average molecular weight is 348 g/mol. The second-order valence-electron chi connectivity index (χ2n) is 5.99. The molecular weight excluding hydrogens is 328 g/mol. The summed E-state index contributed by atoms with van der Waals surface area (Å²) in [6, 6.07) is 18.4. The van der Waals surface area contributed by atoms with Crippen LogP contribution in [0.2, 0.25) is 0 Å². The lowest BCUT2D eigenvalue weighted by Crippen LogP contribution is -2.41. The first-order chi connectivity index (χ1) is 12.7. The second kappa shape index (κ2) is 8.25. The van der Waals surface area contributed by atoms with Gasteiger partial charge in [-0.25, -0.2) is 4.79 Å². The Labute approximate surface area is 152 Å². The zero-order valence-corrected chi connectivity index (χ0v) is 14.5. The number of carbonyl (C=O) groups is 2. The van der Waals surface area contributed by atoms with Crippen LogP contribution in [0, 0.1) is 0 Å². The standard InChI is InChI=1S/C21H20N2O3/c1-26-21(25)19(12-11-15-7-3-2-4-8-15)23-20(24)17-13-16-9-5-6-10-18(16)22-14-17/h2-10,13-14,19H,11-12H2,1H3,(H,23,24)/t19-/m1/s1. The van der Waals surface area contributed by atoms with E-state index < -0.39 is 12.0 Å². The minimum Gasteiger partial charge on any atom is -0.467 e. The van der Waals surface area contributed by atoms with Crippen molar-refractivity contribution in [2.45, 2.75) is 18.9 Å². The number of nitrogens with one attached hydrogen (secondary N) is 1. The number of esters is 1. The van der Waals surface area contributed by atoms with Gasteiger partial charge in [-0.3, -0.25) is 9.78 Å². The molecule has 0 saturated carbocycles. The van der Waals surface area contributed by atoms with Gasteiger partial charge in [0.2, 0.25) is 0 Å². The number of methoxy groups -OCH3 is 1. The van der Waals surface area contributed by atoms with Gasteiger partial charge in [0.15, 0.2) is 0 Å². The van der Waals surface area contributed by atoms with Gasteiger partial charge in [0.05, 0.1) is 18.2 Å². The maximum absolute atomic E-state index is 12.6. The van der Waals surface area contributed by atoms with Crippen LogP contribution in [0.3, 0.4) is 0 Å². The minimum atomic E-state index is -0.709. The van der Waals surface area contributed by atoms with E-state index in [4.69, 9.17) is 4.74 Å². The molecule has 1 atom stereocenters. The maximum Gasteiger partial charge on any atom is 0.328 e. The Morgan fingerprint density at radius 3 is 2.58 bits per heavy atom. The Balaban J connectivity index is 1.72. The third kappa shape index (κ3) is 4.25. The Hall–Kier alpha value is -3.21. The third-order valence-corrected chi connectivity index (χ3v) is 4.21. The zero-order valence-electron chi connectivity index (χ0n) is 14.5. The van der Waals surface area contributed by atoms with Crippen LogP contribution in [0.4, 0.5) is 0 Å². The largest absolute Gasteiger partial charge is 0.467 e. The van der Waals surface area contributed by atoms with E-state index in [9.17, 15) is 9.59 Å². The number of fused-ring (bicyclic) bond motifs is 1. The van der Waals surface area contributed by atoms with Crippen LogP contribution in [-0.2, 0) is 16.0 Å². The number of aromatic nitrogens is 1. The monoisotopic (exact) mass is 348 g/mol. The molecule has 1 N–H and O–H groups in total. The molecule has 0 spiro atoms. The summed E-state index contributed by atoms with van der Waals surface area (Å²) in [6.07, 6.45) is 2.64. The predicted octanol–water partition coefficient (Wildman–Crippen LogP) is 3.14. The van der Waals surface area contributed by atoms with Gasteiger partial charge in [0, 0.05) is 11.6 Å². The lowest BCUT2D eigenvalue weighted by Gasteiger charge is -2.16. The number of benzene rings is 2. The van der Waals surface area contributed by atoms with Crippen molar-refractivity contribution in [3.63, 3.8) is 0 Å². The molecule has 0 aliphatic heterocycles. The van der Waals surface area contributed by atoms with Gasteiger partial charge in [-0.2, -0.15) is 0 Å². The molecule has 0 aliphatic rings. The summed E-state index contributed by atoms with van der Waals surface area (Å²) >= 11 is 0. The van der Waals surface area contributed by atoms with Crippen LogP contribution < -0.4 is 5.32 Å². The predicted molar refractivity (Wildman–Crippen MR) is 99.8 cm³/mol. The summed E-state index contributed by atoms with van der Waals surface area (Å²) in [5.41, 5.74) is 2.33. The molecule has 1 amide bonds. The van der Waals surface area contributed by atoms with E-state index in [0.717, 1.165) is 16.5 Å². The SMILES string of the molecule is COC(=O)[C@@H](CCc1ccccc1)NC(=O)c1cnc2ccccc2c1. The number of carbonyl (C=O) groups excluding carboxylic acids is 2. The number of amides is 1. The van der Waals surface area contributed by atoms with Crippen LogP contribution in [0.15, 0.2) is 66.9 Å². The number of rotatable bonds is 6. The first-order valence-electron chi connectivity index (χ1n) is 8.45. The third-order valence-electron chi connectivity index (χ3n) is 4.21. The van der Waals surface area contributed by atoms with Gasteiger partial charge in [-0.15, -0.1) is 0 Å². The molecule has 1 aromatic heterocycles. The average Bonchev–Trinajstić information content (AvgIpc) is 2.70. The molecule has 0 fully saturated rings. The van der Waals surface area contributed by atoms with Crippen LogP contribution in [-0.4, -0.2) is 30.0 Å². The number of ether oxygens (including phenoxy) is 1. The summed E-state index contributed by atoms with van der Waals surface area (Å²) in [6.45, 7) is 0. The summed E-state index contributed by atoms with van der Waals surface area (Å²) in [7, 11) is 1.32. The molecule has 3 aromatic rings. The van der Waals surface area contributed by atoms with Crippen molar-refractivity contribution in [3.8, 4) is 0 Å². The van der Waals surface area contributed by atoms with Crippen molar-refractivity contribution in [2.24, 2.45) is 0 Å². The number of nitrogens with zero attached hydrogens (tertiary/aromatic N) is 1. The maximum atomic E-state index is 12.6. The van der Waals surface area contributed by atoms with Crippen LogP contribution in [0.1, 0.15) is 22.3 Å². The van der Waals surface area contributed by atoms with Gasteiger partial charge in [-0.1, -0.05) is 48.5 Å². The van der Waals surface area contributed by atoms with Crippen molar-refractivity contribution in [1.29, 1.82) is 0 Å². The number of pyridine rings is 1. The highest BCUT2D eigenvalue weighted by Gasteiger charge is 2.22. The molecule has 0 unspecified atom stereocenters. The van der Waals surface area contributed by atoms with Gasteiger partial charge in [0.25, 0.3) is 5.91 Å². The number of aryl methyl sites for hydroxylation is 1. The molecule has 5 heteroatoms. The summed E-state index contributed by atoms with van der Waals surface area (Å²) < 4.78 is 4.84. The lowest BCUT2D eigenvalue weighted by atomic mass is 10.0. The Morgan fingerprint density at radius 2 is 1.81 bits per heavy atom. The Bertz CT molecular complexity index is 909. The number of hydrogen-bond donors (Lipinski definition) is 1. The van der Waals surface area contributed by atoms with Crippen molar-refractivity contribution < 1.29 is 14.3 Å². The second-order valence-corrected chi connectivity index (χ2v) is 5.99. The quantitative estimate of drug-likeness (QED) is 0.695. The van der Waals surface area contributed by atoms with E-state index in [-0.39, 0.29) is 5.91 Å². The van der Waals surface area contributed by atoms with E-state index >= 15 is 0 Å². The molecule has 132 valence electrons. The van der Waals surface area contributed by atoms with E-state index in [0.29, 0.717) is 18.4 Å². The highest BCUT2D eigenvalue weighted by atomic mass is 16.5. The smallest absolute Gasteiger partial charge is 0.328 e. The lowest BCUT2D eigenvalue weighted by molar-refractivity contribution is -0.143. The summed E-state index contributed by atoms with van der Waals surface area (Å²) in [5, 5.41) is 3.64. The van der Waals surface area contributed by atoms with Gasteiger partial charge >= 0.3 is 5.97 Å². The molecule has 0 aliphatic carbocycles. The Morgan fingerprint density at radius 1 is 1.08 bits per heavy atom. The molecule has 5 nitrogen and oxygen atoms in total. The van der Waals surface area contributed by atoms with E-state index in [2.05, 4.69) is 10.3 Å². The molecule has 3 rings (SSSR count). The van der Waals surface area contributed by atoms with E-state index in [1.807, 2.05) is 54.6 Å². The number of hydrogen-bond acceptors (Lipinski definition) is 4. The van der Waals surface area contributed by atoms with Crippen molar-refractivity contribution >= 4 is 22.8 Å². The highest BCUT2D eigenvalue weighted by Crippen LogP contribution is 2.13. The first kappa shape index (κ1) is 17.6. The summed E-state index contributed by atoms with van der Waals surface area (Å²) in [5.74, 6) is -0.797. The molecule has 0 bridgehead atoms. The van der Waals surface area contributed by atoms with E-state index in [1.165, 1.54) is 13.3 Å². The number of para-hydroxylation sites is 1. The molecular formula is C21H20N2O3. The fraction of sp³-hybridized carbons (Fsp3) is 0.190. The minimum absolute atomic E-state index is 0.341. The first-order valence-corrected chi connectivity index (χ1v) is 8.45.